The van der Waals surface area contributed by atoms with Gasteiger partial charge < -0.3 is 23.8 Å². The van der Waals surface area contributed by atoms with Gasteiger partial charge in [0.25, 0.3) is 11.8 Å². The molecule has 0 atom stereocenters. The number of ether oxygens (including phenoxy) is 2. The van der Waals surface area contributed by atoms with Crippen molar-refractivity contribution in [1.29, 1.82) is 5.26 Å². The van der Waals surface area contributed by atoms with Gasteiger partial charge in [-0.25, -0.2) is 0 Å². The van der Waals surface area contributed by atoms with E-state index in [0.717, 1.165) is 28.0 Å². The molecular weight excluding hydrogens is 639 g/mol. The first-order valence-corrected chi connectivity index (χ1v) is 15.0. The summed E-state index contributed by atoms with van der Waals surface area (Å²) in [6.45, 7) is 1.91. The SMILES string of the molecule is COc1cccc(CN2Cc3ccc(-c4noc(C(F)(F)F)n4)cc3C2=O)c1.COc1cccc(CN2Cc3ccc(C#N)cc3C2=O)c1. The van der Waals surface area contributed by atoms with Crippen molar-refractivity contribution in [2.45, 2.75) is 32.4 Å². The summed E-state index contributed by atoms with van der Waals surface area (Å²) in [6, 6.07) is 27.2. The van der Waals surface area contributed by atoms with Crippen molar-refractivity contribution in [3.8, 4) is 29.0 Å². The molecule has 248 valence electrons. The Labute approximate surface area is 278 Å². The Morgan fingerprint density at radius 2 is 1.35 bits per heavy atom. The lowest BCUT2D eigenvalue weighted by Crippen LogP contribution is -2.23. The summed E-state index contributed by atoms with van der Waals surface area (Å²) in [4.78, 5) is 32.0. The maximum absolute atomic E-state index is 12.8. The number of alkyl halides is 3. The average Bonchev–Trinajstić information content (AvgIpc) is 3.81. The van der Waals surface area contributed by atoms with Crippen molar-refractivity contribution in [3.63, 3.8) is 0 Å². The van der Waals surface area contributed by atoms with Crippen molar-refractivity contribution >= 4 is 11.8 Å². The van der Waals surface area contributed by atoms with Gasteiger partial charge in [0.1, 0.15) is 11.5 Å². The first-order chi connectivity index (χ1) is 23.6. The van der Waals surface area contributed by atoms with Crippen molar-refractivity contribution in [2.75, 3.05) is 14.2 Å². The molecule has 4 aromatic carbocycles. The second kappa shape index (κ2) is 13.5. The van der Waals surface area contributed by atoms with Gasteiger partial charge in [-0.1, -0.05) is 47.6 Å². The van der Waals surface area contributed by atoms with Crippen LogP contribution in [0.25, 0.3) is 11.4 Å². The largest absolute Gasteiger partial charge is 0.497 e. The number of carbonyl (C=O) groups is 2. The Kier molecular flexibility index (Phi) is 9.04. The smallest absolute Gasteiger partial charge is 0.471 e. The number of carbonyl (C=O) groups excluding carboxylic acids is 2. The van der Waals surface area contributed by atoms with E-state index in [9.17, 15) is 22.8 Å². The van der Waals surface area contributed by atoms with Gasteiger partial charge in [0.2, 0.25) is 5.82 Å². The summed E-state index contributed by atoms with van der Waals surface area (Å²) < 4.78 is 52.6. The number of benzene rings is 4. The Morgan fingerprint density at radius 1 is 0.796 bits per heavy atom. The van der Waals surface area contributed by atoms with Crippen LogP contribution in [-0.4, -0.2) is 46.0 Å². The van der Waals surface area contributed by atoms with Crippen LogP contribution >= 0.6 is 0 Å². The number of halogens is 3. The number of rotatable bonds is 7. The Bertz CT molecular complexity index is 2090. The third kappa shape index (κ3) is 7.08. The zero-order chi connectivity index (χ0) is 34.7. The standard InChI is InChI=1S/C19H14F3N3O3.C17H14N2O2/c1-27-14-4-2-3-11(7-14)9-25-10-13-6-5-12(8-15(13)17(25)26)16-23-18(28-24-16)19(20,21)22;1-21-15-4-2-3-13(7-15)10-19-11-14-6-5-12(9-18)8-16(14)17(19)20/h2-8H,9-10H2,1H3;2-8H,10-11H2,1H3. The van der Waals surface area contributed by atoms with E-state index in [-0.39, 0.29) is 23.2 Å². The van der Waals surface area contributed by atoms with Crippen molar-refractivity contribution in [1.82, 2.24) is 19.9 Å². The van der Waals surface area contributed by atoms with E-state index >= 15 is 0 Å². The molecule has 13 heteroatoms. The van der Waals surface area contributed by atoms with Gasteiger partial charge in [0, 0.05) is 42.9 Å². The highest BCUT2D eigenvalue weighted by Gasteiger charge is 2.39. The number of methoxy groups -OCH3 is 2. The molecule has 0 saturated heterocycles. The summed E-state index contributed by atoms with van der Waals surface area (Å²) in [5, 5.41) is 12.3. The molecule has 2 aliphatic rings. The maximum Gasteiger partial charge on any atom is 0.471 e. The molecule has 0 saturated carbocycles. The van der Waals surface area contributed by atoms with Crippen LogP contribution in [0, 0.1) is 11.3 Å². The third-order valence-electron chi connectivity index (χ3n) is 8.05. The minimum atomic E-state index is -4.72. The summed E-state index contributed by atoms with van der Waals surface area (Å²) in [5.74, 6) is -0.391. The molecule has 0 spiro atoms. The Hall–Kier alpha value is -6.16. The molecule has 7 rings (SSSR count). The molecule has 0 aliphatic carbocycles. The molecule has 0 unspecified atom stereocenters. The topological polar surface area (TPSA) is 122 Å². The van der Waals surface area contributed by atoms with Crippen molar-refractivity contribution in [2.24, 2.45) is 0 Å². The first-order valence-electron chi connectivity index (χ1n) is 15.0. The molecule has 0 N–H and O–H groups in total. The number of hydrogen-bond donors (Lipinski definition) is 0. The predicted molar refractivity (Wildman–Crippen MR) is 169 cm³/mol. The van der Waals surface area contributed by atoms with Crippen LogP contribution in [0.15, 0.2) is 89.5 Å². The molecule has 5 aromatic rings. The van der Waals surface area contributed by atoms with Crippen LogP contribution in [0.3, 0.4) is 0 Å². The second-order valence-corrected chi connectivity index (χ2v) is 11.3. The fraction of sp³-hybridized carbons (Fsp3) is 0.194. The molecule has 2 amide bonds. The normalized spacial score (nSPS) is 13.4. The Morgan fingerprint density at radius 3 is 1.86 bits per heavy atom. The lowest BCUT2D eigenvalue weighted by Gasteiger charge is -2.16. The predicted octanol–water partition coefficient (Wildman–Crippen LogP) is 6.64. The maximum atomic E-state index is 12.8. The summed E-state index contributed by atoms with van der Waals surface area (Å²) >= 11 is 0. The monoisotopic (exact) mass is 667 g/mol. The fourth-order valence-electron chi connectivity index (χ4n) is 5.62. The summed E-state index contributed by atoms with van der Waals surface area (Å²) in [7, 11) is 3.19. The van der Waals surface area contributed by atoms with Gasteiger partial charge in [0.15, 0.2) is 0 Å². The zero-order valence-corrected chi connectivity index (χ0v) is 26.3. The molecule has 10 nitrogen and oxygen atoms in total. The zero-order valence-electron chi connectivity index (χ0n) is 26.3. The van der Waals surface area contributed by atoms with E-state index in [1.807, 2.05) is 54.6 Å². The molecular formula is C36H28F3N5O5. The number of nitrogens with zero attached hydrogens (tertiary/aromatic N) is 5. The van der Waals surface area contributed by atoms with E-state index in [4.69, 9.17) is 14.7 Å². The molecule has 0 bridgehead atoms. The number of nitriles is 1. The van der Waals surface area contributed by atoms with Gasteiger partial charge in [-0.3, -0.25) is 9.59 Å². The Balaban J connectivity index is 0.000000177. The highest BCUT2D eigenvalue weighted by molar-refractivity contribution is 5.99. The number of hydrogen-bond acceptors (Lipinski definition) is 8. The van der Waals surface area contributed by atoms with E-state index in [2.05, 4.69) is 20.7 Å². The minimum absolute atomic E-state index is 0.0232. The van der Waals surface area contributed by atoms with Crippen LogP contribution in [0.4, 0.5) is 13.2 Å². The number of aromatic nitrogens is 2. The van der Waals surface area contributed by atoms with Gasteiger partial charge in [-0.05, 0) is 64.7 Å². The quantitative estimate of drug-likeness (QED) is 0.189. The lowest BCUT2D eigenvalue weighted by atomic mass is 10.1. The molecule has 49 heavy (non-hydrogen) atoms. The molecule has 3 heterocycles. The van der Waals surface area contributed by atoms with E-state index in [1.54, 1.807) is 48.3 Å². The van der Waals surface area contributed by atoms with Gasteiger partial charge in [-0.2, -0.15) is 23.4 Å². The van der Waals surface area contributed by atoms with E-state index in [1.165, 1.54) is 6.07 Å². The summed E-state index contributed by atoms with van der Waals surface area (Å²) in [6.07, 6.45) is -4.72. The van der Waals surface area contributed by atoms with Crippen LogP contribution in [0.1, 0.15) is 54.4 Å². The van der Waals surface area contributed by atoms with Crippen LogP contribution in [0.5, 0.6) is 11.5 Å². The van der Waals surface area contributed by atoms with Crippen molar-refractivity contribution in [3.05, 3.63) is 130 Å². The average molecular weight is 668 g/mol. The molecule has 0 radical (unpaired) electrons. The van der Waals surface area contributed by atoms with Crippen LogP contribution < -0.4 is 9.47 Å². The van der Waals surface area contributed by atoms with Crippen LogP contribution in [0.2, 0.25) is 0 Å². The van der Waals surface area contributed by atoms with E-state index in [0.29, 0.717) is 48.6 Å². The fourth-order valence-corrected chi connectivity index (χ4v) is 5.62. The van der Waals surface area contributed by atoms with E-state index < -0.39 is 12.1 Å². The van der Waals surface area contributed by atoms with Gasteiger partial charge in [-0.15, -0.1) is 0 Å². The highest BCUT2D eigenvalue weighted by Crippen LogP contribution is 2.32. The highest BCUT2D eigenvalue weighted by atomic mass is 19.4. The number of amides is 2. The second-order valence-electron chi connectivity index (χ2n) is 11.3. The molecule has 1 aromatic heterocycles. The minimum Gasteiger partial charge on any atom is -0.497 e. The lowest BCUT2D eigenvalue weighted by molar-refractivity contribution is -0.159. The molecule has 2 aliphatic heterocycles. The number of fused-ring (bicyclic) bond motifs is 2. The first kappa shape index (κ1) is 32.8. The third-order valence-corrected chi connectivity index (χ3v) is 8.05. The van der Waals surface area contributed by atoms with Crippen LogP contribution in [-0.2, 0) is 32.4 Å². The summed E-state index contributed by atoms with van der Waals surface area (Å²) in [5.41, 5.74) is 5.55. The molecule has 0 fully saturated rings. The van der Waals surface area contributed by atoms with Crippen molar-refractivity contribution < 1.29 is 36.8 Å². The van der Waals surface area contributed by atoms with Gasteiger partial charge >= 0.3 is 12.1 Å². The van der Waals surface area contributed by atoms with Gasteiger partial charge in [0.05, 0.1) is 25.9 Å².